The number of hydrogen-bond donors (Lipinski definition) is 2. The Kier molecular flexibility index (Phi) is 7.33. The maximum atomic E-state index is 12.7. The van der Waals surface area contributed by atoms with Crippen LogP contribution in [0.25, 0.3) is 0 Å². The van der Waals surface area contributed by atoms with Gasteiger partial charge < -0.3 is 20.5 Å². The zero-order chi connectivity index (χ0) is 19.0. The molecule has 0 aliphatic rings. The van der Waals surface area contributed by atoms with E-state index >= 15 is 0 Å². The van der Waals surface area contributed by atoms with Crippen molar-refractivity contribution in [3.05, 3.63) is 65.2 Å². The summed E-state index contributed by atoms with van der Waals surface area (Å²) in [4.78, 5) is 12.7. The smallest absolute Gasteiger partial charge is 0.248 e. The second kappa shape index (κ2) is 9.48. The highest BCUT2D eigenvalue weighted by Gasteiger charge is 2.30. The molecule has 26 heavy (non-hydrogen) atoms. The molecule has 0 aliphatic heterocycles. The van der Waals surface area contributed by atoms with Gasteiger partial charge >= 0.3 is 0 Å². The van der Waals surface area contributed by atoms with E-state index in [0.29, 0.717) is 26.4 Å². The van der Waals surface area contributed by atoms with Crippen molar-refractivity contribution in [2.24, 2.45) is 5.73 Å². The van der Waals surface area contributed by atoms with E-state index in [0.717, 1.165) is 22.4 Å². The van der Waals surface area contributed by atoms with Crippen LogP contribution in [0.5, 0.6) is 0 Å². The zero-order valence-electron chi connectivity index (χ0n) is 15.7. The van der Waals surface area contributed by atoms with Crippen LogP contribution >= 0.6 is 0 Å². The predicted molar refractivity (Wildman–Crippen MR) is 104 cm³/mol. The number of ether oxygens (including phenoxy) is 2. The monoisotopic (exact) mass is 356 g/mol. The maximum Gasteiger partial charge on any atom is 0.248 e. The first-order valence-electron chi connectivity index (χ1n) is 8.86. The van der Waals surface area contributed by atoms with Gasteiger partial charge in [0.15, 0.2) is 0 Å². The third-order valence-electron chi connectivity index (χ3n) is 4.37. The lowest BCUT2D eigenvalue weighted by molar-refractivity contribution is -0.120. The van der Waals surface area contributed by atoms with E-state index in [2.05, 4.69) is 5.32 Å². The minimum atomic E-state index is -1.11. The number of hydrogen-bond acceptors (Lipinski definition) is 4. The molecule has 1 atom stereocenters. The molecule has 0 aliphatic carbocycles. The fourth-order valence-corrected chi connectivity index (χ4v) is 2.59. The van der Waals surface area contributed by atoms with Crippen LogP contribution in [0.4, 0.5) is 5.69 Å². The molecule has 2 aromatic rings. The van der Waals surface area contributed by atoms with Gasteiger partial charge in [0.05, 0.1) is 19.8 Å². The molecule has 0 fully saturated rings. The molecule has 0 spiro atoms. The van der Waals surface area contributed by atoms with Crippen LogP contribution in [0.1, 0.15) is 30.5 Å². The Balaban J connectivity index is 2.05. The summed E-state index contributed by atoms with van der Waals surface area (Å²) in [5.74, 6) is -0.249. The molecule has 1 unspecified atom stereocenters. The Morgan fingerprint density at radius 1 is 1.08 bits per heavy atom. The van der Waals surface area contributed by atoms with Crippen LogP contribution in [0.2, 0.25) is 0 Å². The van der Waals surface area contributed by atoms with Crippen molar-refractivity contribution < 1.29 is 14.3 Å². The van der Waals surface area contributed by atoms with E-state index < -0.39 is 5.54 Å². The van der Waals surface area contributed by atoms with E-state index in [1.165, 1.54) is 0 Å². The van der Waals surface area contributed by atoms with Crippen molar-refractivity contribution in [1.82, 2.24) is 0 Å². The topological polar surface area (TPSA) is 73.6 Å². The molecule has 2 aromatic carbocycles. The van der Waals surface area contributed by atoms with E-state index in [-0.39, 0.29) is 5.91 Å². The molecule has 0 heterocycles. The number of benzene rings is 2. The first kappa shape index (κ1) is 20.1. The molecule has 2 rings (SSSR count). The Hall–Kier alpha value is -2.21. The van der Waals surface area contributed by atoms with Crippen molar-refractivity contribution >= 4 is 11.6 Å². The predicted octanol–water partition coefficient (Wildman–Crippen LogP) is 3.36. The van der Waals surface area contributed by atoms with Crippen LogP contribution in [-0.4, -0.2) is 25.7 Å². The van der Waals surface area contributed by atoms with Crippen molar-refractivity contribution in [3.63, 3.8) is 0 Å². The average Bonchev–Trinajstić information content (AvgIpc) is 2.65. The van der Waals surface area contributed by atoms with E-state index in [1.54, 1.807) is 6.92 Å². The van der Waals surface area contributed by atoms with E-state index in [4.69, 9.17) is 15.2 Å². The Morgan fingerprint density at radius 3 is 2.46 bits per heavy atom. The zero-order valence-corrected chi connectivity index (χ0v) is 15.7. The summed E-state index contributed by atoms with van der Waals surface area (Å²) in [6.07, 6.45) is 0. The van der Waals surface area contributed by atoms with Crippen LogP contribution in [0.15, 0.2) is 48.5 Å². The molecular weight excluding hydrogens is 328 g/mol. The van der Waals surface area contributed by atoms with Gasteiger partial charge in [-0.25, -0.2) is 0 Å². The number of nitrogens with one attached hydrogen (secondary N) is 1. The lowest BCUT2D eigenvalue weighted by Gasteiger charge is -2.25. The minimum Gasteiger partial charge on any atom is -0.379 e. The maximum absolute atomic E-state index is 12.7. The molecular formula is C21H28N2O3. The standard InChI is InChI=1S/C21H28N2O3/c1-4-25-13-14-26-15-17-9-8-12-19(16(17)2)23-20(24)21(3,22)18-10-6-5-7-11-18/h5-12H,4,13-15,22H2,1-3H3,(H,23,24). The third kappa shape index (κ3) is 5.14. The molecule has 0 radical (unpaired) electrons. The molecule has 140 valence electrons. The SMILES string of the molecule is CCOCCOCc1cccc(NC(=O)C(C)(N)c2ccccc2)c1C. The van der Waals surface area contributed by atoms with Gasteiger partial charge in [-0.1, -0.05) is 42.5 Å². The molecule has 1 amide bonds. The van der Waals surface area contributed by atoms with Crippen molar-refractivity contribution in [2.45, 2.75) is 32.9 Å². The highest BCUT2D eigenvalue weighted by Crippen LogP contribution is 2.24. The van der Waals surface area contributed by atoms with Crippen LogP contribution in [-0.2, 0) is 26.4 Å². The minimum absolute atomic E-state index is 0.249. The summed E-state index contributed by atoms with van der Waals surface area (Å²) in [5, 5.41) is 2.96. The van der Waals surface area contributed by atoms with Crippen LogP contribution < -0.4 is 11.1 Å². The summed E-state index contributed by atoms with van der Waals surface area (Å²) in [5.41, 5.74) is 8.69. The number of carbonyl (C=O) groups excluding carboxylic acids is 1. The second-order valence-electron chi connectivity index (χ2n) is 6.36. The first-order chi connectivity index (χ1) is 12.5. The van der Waals surface area contributed by atoms with Gasteiger partial charge in [-0.2, -0.15) is 0 Å². The van der Waals surface area contributed by atoms with Gasteiger partial charge in [-0.15, -0.1) is 0 Å². The Morgan fingerprint density at radius 2 is 1.77 bits per heavy atom. The lowest BCUT2D eigenvalue weighted by atomic mass is 9.92. The lowest BCUT2D eigenvalue weighted by Crippen LogP contribution is -2.45. The molecule has 5 heteroatoms. The molecule has 0 saturated heterocycles. The molecule has 0 aromatic heterocycles. The normalized spacial score (nSPS) is 13.2. The van der Waals surface area contributed by atoms with Gasteiger partial charge in [0.25, 0.3) is 0 Å². The quantitative estimate of drug-likeness (QED) is 0.676. The number of carbonyl (C=O) groups is 1. The third-order valence-corrected chi connectivity index (χ3v) is 4.37. The summed E-state index contributed by atoms with van der Waals surface area (Å²) < 4.78 is 10.9. The molecule has 0 bridgehead atoms. The highest BCUT2D eigenvalue weighted by atomic mass is 16.5. The number of nitrogens with two attached hydrogens (primary N) is 1. The highest BCUT2D eigenvalue weighted by molar-refractivity contribution is 5.99. The largest absolute Gasteiger partial charge is 0.379 e. The van der Waals surface area contributed by atoms with Gasteiger partial charge in [0.1, 0.15) is 5.54 Å². The number of anilines is 1. The number of amides is 1. The van der Waals surface area contributed by atoms with Gasteiger partial charge in [0.2, 0.25) is 5.91 Å². The fourth-order valence-electron chi connectivity index (χ4n) is 2.59. The molecule has 0 saturated carbocycles. The number of rotatable bonds is 9. The summed E-state index contributed by atoms with van der Waals surface area (Å²) in [6.45, 7) is 7.91. The average molecular weight is 356 g/mol. The van der Waals surface area contributed by atoms with E-state index in [1.807, 2.05) is 62.4 Å². The molecule has 3 N–H and O–H groups in total. The van der Waals surface area contributed by atoms with Gasteiger partial charge in [-0.3, -0.25) is 4.79 Å². The van der Waals surface area contributed by atoms with Crippen molar-refractivity contribution in [2.75, 3.05) is 25.1 Å². The van der Waals surface area contributed by atoms with Crippen molar-refractivity contribution in [3.8, 4) is 0 Å². The summed E-state index contributed by atoms with van der Waals surface area (Å²) in [7, 11) is 0. The van der Waals surface area contributed by atoms with Crippen LogP contribution in [0.3, 0.4) is 0 Å². The fraction of sp³-hybridized carbons (Fsp3) is 0.381. The second-order valence-corrected chi connectivity index (χ2v) is 6.36. The first-order valence-corrected chi connectivity index (χ1v) is 8.86. The molecule has 5 nitrogen and oxygen atoms in total. The Labute approximate surface area is 155 Å². The van der Waals surface area contributed by atoms with Gasteiger partial charge in [-0.05, 0) is 43.5 Å². The van der Waals surface area contributed by atoms with E-state index in [9.17, 15) is 4.79 Å². The summed E-state index contributed by atoms with van der Waals surface area (Å²) >= 11 is 0. The van der Waals surface area contributed by atoms with Gasteiger partial charge in [0, 0.05) is 12.3 Å². The Bertz CT molecular complexity index is 714. The summed E-state index contributed by atoms with van der Waals surface area (Å²) in [6, 6.07) is 15.1. The van der Waals surface area contributed by atoms with Crippen molar-refractivity contribution in [1.29, 1.82) is 0 Å². The van der Waals surface area contributed by atoms with Crippen LogP contribution in [0, 0.1) is 6.92 Å².